The third-order valence-corrected chi connectivity index (χ3v) is 4.79. The molecule has 1 N–H and O–H groups in total. The molecule has 0 atom stereocenters. The van der Waals surface area contributed by atoms with Gasteiger partial charge < -0.3 is 9.47 Å². The molecule has 0 spiro atoms. The van der Waals surface area contributed by atoms with E-state index in [0.29, 0.717) is 27.2 Å². The number of nitrogens with zero attached hydrogens (tertiary/aromatic N) is 1. The summed E-state index contributed by atoms with van der Waals surface area (Å²) in [5, 5.41) is 2.20. The van der Waals surface area contributed by atoms with Crippen molar-refractivity contribution < 1.29 is 23.9 Å². The van der Waals surface area contributed by atoms with Crippen LogP contribution in [-0.2, 0) is 9.59 Å². The summed E-state index contributed by atoms with van der Waals surface area (Å²) < 4.78 is 11.2. The molecule has 144 valence electrons. The van der Waals surface area contributed by atoms with Crippen LogP contribution >= 0.6 is 15.9 Å². The lowest BCUT2D eigenvalue weighted by molar-refractivity contribution is -0.122. The number of nitrogens with one attached hydrogen (secondary N) is 1. The smallest absolute Gasteiger partial charge is 0.335 e. The predicted molar refractivity (Wildman–Crippen MR) is 107 cm³/mol. The van der Waals surface area contributed by atoms with Gasteiger partial charge in [-0.25, -0.2) is 9.69 Å². The Morgan fingerprint density at radius 3 is 2.39 bits per heavy atom. The van der Waals surface area contributed by atoms with Gasteiger partial charge in [-0.3, -0.25) is 14.9 Å². The van der Waals surface area contributed by atoms with Crippen molar-refractivity contribution in [2.75, 3.05) is 19.1 Å². The maximum Gasteiger partial charge on any atom is 0.335 e. The summed E-state index contributed by atoms with van der Waals surface area (Å²) >= 11 is 3.37. The van der Waals surface area contributed by atoms with Crippen molar-refractivity contribution in [1.29, 1.82) is 0 Å². The number of aryl methyl sites for hydroxylation is 1. The molecule has 2 aromatic rings. The molecule has 1 aliphatic heterocycles. The van der Waals surface area contributed by atoms with Crippen molar-refractivity contribution >= 4 is 45.5 Å². The Balaban J connectivity index is 2.08. The van der Waals surface area contributed by atoms with E-state index < -0.39 is 17.8 Å². The van der Waals surface area contributed by atoms with Crippen molar-refractivity contribution in [2.45, 2.75) is 6.92 Å². The first kappa shape index (κ1) is 19.6. The van der Waals surface area contributed by atoms with Gasteiger partial charge in [-0.05, 0) is 52.7 Å². The minimum atomic E-state index is -0.791. The Kier molecular flexibility index (Phi) is 5.51. The number of imide groups is 2. The summed E-state index contributed by atoms with van der Waals surface area (Å²) in [7, 11) is 2.98. The maximum absolute atomic E-state index is 13.0. The maximum atomic E-state index is 13.0. The Morgan fingerprint density at radius 1 is 1.04 bits per heavy atom. The molecule has 0 aliphatic carbocycles. The first-order valence-corrected chi connectivity index (χ1v) is 9.04. The summed E-state index contributed by atoms with van der Waals surface area (Å²) in [5.41, 5.74) is 1.55. The molecule has 8 heteroatoms. The lowest BCUT2D eigenvalue weighted by Crippen LogP contribution is -2.54. The molecule has 1 aliphatic rings. The fourth-order valence-electron chi connectivity index (χ4n) is 2.81. The number of carbonyl (C=O) groups excluding carboxylic acids is 3. The molecule has 0 bridgehead atoms. The summed E-state index contributed by atoms with van der Waals surface area (Å²) in [6, 6.07) is 9.40. The van der Waals surface area contributed by atoms with E-state index in [0.717, 1.165) is 10.5 Å². The molecule has 0 radical (unpaired) electrons. The van der Waals surface area contributed by atoms with E-state index in [2.05, 4.69) is 21.2 Å². The van der Waals surface area contributed by atoms with E-state index >= 15 is 0 Å². The molecular weight excluding hydrogens is 428 g/mol. The van der Waals surface area contributed by atoms with Gasteiger partial charge in [0.25, 0.3) is 11.8 Å². The number of benzene rings is 2. The lowest BCUT2D eigenvalue weighted by Gasteiger charge is -2.26. The van der Waals surface area contributed by atoms with Crippen LogP contribution in [0.3, 0.4) is 0 Å². The highest BCUT2D eigenvalue weighted by Crippen LogP contribution is 2.34. The summed E-state index contributed by atoms with van der Waals surface area (Å²) in [6.45, 7) is 1.84. The van der Waals surface area contributed by atoms with Crippen LogP contribution in [-0.4, -0.2) is 32.1 Å². The van der Waals surface area contributed by atoms with Gasteiger partial charge in [-0.1, -0.05) is 12.1 Å². The number of barbiturate groups is 1. The molecule has 1 fully saturated rings. The molecule has 2 aromatic carbocycles. The van der Waals surface area contributed by atoms with Crippen LogP contribution in [0.15, 0.2) is 46.4 Å². The zero-order chi connectivity index (χ0) is 20.4. The normalized spacial score (nSPS) is 15.6. The van der Waals surface area contributed by atoms with Crippen LogP contribution in [0.25, 0.3) is 6.08 Å². The zero-order valence-corrected chi connectivity index (χ0v) is 17.0. The zero-order valence-electron chi connectivity index (χ0n) is 15.4. The van der Waals surface area contributed by atoms with Crippen molar-refractivity contribution in [2.24, 2.45) is 0 Å². The molecular formula is C20H17BrN2O5. The number of amides is 4. The first-order chi connectivity index (χ1) is 13.3. The summed E-state index contributed by atoms with van der Waals surface area (Å²) in [4.78, 5) is 38.5. The quantitative estimate of drug-likeness (QED) is 0.576. The number of halogens is 1. The summed E-state index contributed by atoms with van der Waals surface area (Å²) in [6.07, 6.45) is 1.38. The monoisotopic (exact) mass is 444 g/mol. The highest BCUT2D eigenvalue weighted by molar-refractivity contribution is 9.10. The molecule has 4 amide bonds. The average molecular weight is 445 g/mol. The molecule has 1 heterocycles. The number of urea groups is 1. The van der Waals surface area contributed by atoms with Gasteiger partial charge in [0.2, 0.25) is 0 Å². The van der Waals surface area contributed by atoms with Crippen LogP contribution in [0.1, 0.15) is 11.1 Å². The van der Waals surface area contributed by atoms with Gasteiger partial charge in [0.05, 0.1) is 24.4 Å². The van der Waals surface area contributed by atoms with Gasteiger partial charge >= 0.3 is 6.03 Å². The molecule has 1 saturated heterocycles. The van der Waals surface area contributed by atoms with Gasteiger partial charge in [0.1, 0.15) is 17.1 Å². The number of methoxy groups -OCH3 is 2. The van der Waals surface area contributed by atoms with E-state index in [-0.39, 0.29) is 5.57 Å². The third kappa shape index (κ3) is 3.63. The van der Waals surface area contributed by atoms with Gasteiger partial charge in [-0.2, -0.15) is 0 Å². The second kappa shape index (κ2) is 7.85. The number of hydrogen-bond acceptors (Lipinski definition) is 5. The topological polar surface area (TPSA) is 84.9 Å². The third-order valence-electron chi connectivity index (χ3n) is 4.17. The second-order valence-electron chi connectivity index (χ2n) is 6.03. The number of carbonyl (C=O) groups is 3. The van der Waals surface area contributed by atoms with Crippen LogP contribution in [0.2, 0.25) is 0 Å². The Bertz CT molecular complexity index is 1020. The molecule has 28 heavy (non-hydrogen) atoms. The Morgan fingerprint density at radius 2 is 1.75 bits per heavy atom. The lowest BCUT2D eigenvalue weighted by atomic mass is 10.1. The fraction of sp³-hybridized carbons (Fsp3) is 0.150. The van der Waals surface area contributed by atoms with Crippen molar-refractivity contribution in [1.82, 2.24) is 5.32 Å². The molecule has 0 saturated carbocycles. The van der Waals surface area contributed by atoms with E-state index in [4.69, 9.17) is 9.47 Å². The minimum absolute atomic E-state index is 0.184. The largest absolute Gasteiger partial charge is 0.496 e. The highest BCUT2D eigenvalue weighted by atomic mass is 79.9. The predicted octanol–water partition coefficient (Wildman–Crippen LogP) is 3.44. The first-order valence-electron chi connectivity index (χ1n) is 8.25. The molecule has 0 aromatic heterocycles. The Hall–Kier alpha value is -3.13. The average Bonchev–Trinajstić information content (AvgIpc) is 2.65. The van der Waals surface area contributed by atoms with Gasteiger partial charge in [0, 0.05) is 11.6 Å². The summed E-state index contributed by atoms with van der Waals surface area (Å²) in [5.74, 6) is -0.539. The highest BCUT2D eigenvalue weighted by Gasteiger charge is 2.37. The van der Waals surface area contributed by atoms with E-state index in [1.807, 2.05) is 13.0 Å². The fourth-order valence-corrected chi connectivity index (χ4v) is 3.33. The molecule has 0 unspecified atom stereocenters. The van der Waals surface area contributed by atoms with Crippen molar-refractivity contribution in [3.8, 4) is 11.5 Å². The number of hydrogen-bond donors (Lipinski definition) is 1. The van der Waals surface area contributed by atoms with Crippen LogP contribution in [0.4, 0.5) is 10.5 Å². The SMILES string of the molecule is COc1cc(OC)c(/C=C2\C(=O)NC(=O)N(c3cccc(C)c3)C2=O)cc1Br. The van der Waals surface area contributed by atoms with E-state index in [1.165, 1.54) is 20.3 Å². The van der Waals surface area contributed by atoms with Gasteiger partial charge in [-0.15, -0.1) is 0 Å². The van der Waals surface area contributed by atoms with Crippen LogP contribution < -0.4 is 19.7 Å². The molecule has 7 nitrogen and oxygen atoms in total. The van der Waals surface area contributed by atoms with Crippen LogP contribution in [0.5, 0.6) is 11.5 Å². The van der Waals surface area contributed by atoms with E-state index in [9.17, 15) is 14.4 Å². The molecule has 3 rings (SSSR count). The van der Waals surface area contributed by atoms with Crippen LogP contribution in [0, 0.1) is 6.92 Å². The van der Waals surface area contributed by atoms with Crippen molar-refractivity contribution in [3.63, 3.8) is 0 Å². The standard InChI is InChI=1S/C20H17BrN2O5/c1-11-5-4-6-13(7-11)23-19(25)14(18(24)22-20(23)26)8-12-9-15(21)17(28-3)10-16(12)27-2/h4-10H,1-3H3,(H,22,24,26)/b14-8+. The minimum Gasteiger partial charge on any atom is -0.496 e. The Labute approximate surface area is 170 Å². The van der Waals surface area contributed by atoms with Crippen molar-refractivity contribution in [3.05, 3.63) is 57.6 Å². The number of rotatable bonds is 4. The number of anilines is 1. The van der Waals surface area contributed by atoms with E-state index in [1.54, 1.807) is 30.3 Å². The second-order valence-corrected chi connectivity index (χ2v) is 6.88. The number of ether oxygens (including phenoxy) is 2. The van der Waals surface area contributed by atoms with Gasteiger partial charge in [0.15, 0.2) is 0 Å².